The van der Waals surface area contributed by atoms with Crippen LogP contribution in [0, 0.1) is 11.9 Å². The first-order valence-electron chi connectivity index (χ1n) is 7.39. The number of rotatable bonds is 7. The Bertz CT molecular complexity index is 623. The Morgan fingerprint density at radius 2 is 1.95 bits per heavy atom. The second kappa shape index (κ2) is 7.31. The van der Waals surface area contributed by atoms with Gasteiger partial charge in [0.2, 0.25) is 11.7 Å². The van der Waals surface area contributed by atoms with Gasteiger partial charge in [-0.15, -0.1) is 0 Å². The summed E-state index contributed by atoms with van der Waals surface area (Å²) in [5.41, 5.74) is 0.956. The minimum Gasteiger partial charge on any atom is -0.373 e. The van der Waals surface area contributed by atoms with Gasteiger partial charge in [0, 0.05) is 6.61 Å². The van der Waals surface area contributed by atoms with E-state index in [1.54, 1.807) is 4.57 Å². The Labute approximate surface area is 129 Å². The smallest absolute Gasteiger partial charge is 0.242 e. The molecule has 22 heavy (non-hydrogen) atoms. The zero-order valence-corrected chi connectivity index (χ0v) is 13.1. The number of nitrogens with zero attached hydrogens (tertiary/aromatic N) is 2. The van der Waals surface area contributed by atoms with Gasteiger partial charge in [-0.2, -0.15) is 4.39 Å². The number of halogens is 1. The van der Waals surface area contributed by atoms with Gasteiger partial charge >= 0.3 is 0 Å². The Kier molecular flexibility index (Phi) is 5.44. The number of Topliss-reactive ketones (excluding diaryl/α,β-unsaturated/α-hetero) is 1. The number of carbonyl (C=O) groups is 1. The van der Waals surface area contributed by atoms with Gasteiger partial charge in [0.15, 0.2) is 0 Å². The maximum atomic E-state index is 13.9. The number of ketones is 1. The van der Waals surface area contributed by atoms with Crippen LogP contribution >= 0.6 is 0 Å². The molecule has 1 aromatic heterocycles. The molecule has 0 aliphatic rings. The molecule has 4 nitrogen and oxygen atoms in total. The lowest BCUT2D eigenvalue weighted by Gasteiger charge is -2.16. The summed E-state index contributed by atoms with van der Waals surface area (Å²) in [4.78, 5) is 15.9. The van der Waals surface area contributed by atoms with E-state index in [2.05, 4.69) is 4.98 Å². The highest BCUT2D eigenvalue weighted by atomic mass is 19.1. The van der Waals surface area contributed by atoms with Crippen molar-refractivity contribution in [3.05, 3.63) is 53.9 Å². The minimum absolute atomic E-state index is 0.0277. The van der Waals surface area contributed by atoms with E-state index in [4.69, 9.17) is 4.74 Å². The average Bonchev–Trinajstić information content (AvgIpc) is 2.88. The van der Waals surface area contributed by atoms with Gasteiger partial charge in [-0.3, -0.25) is 4.79 Å². The third-order valence-corrected chi connectivity index (χ3v) is 3.40. The first-order valence-corrected chi connectivity index (χ1v) is 7.39. The van der Waals surface area contributed by atoms with Crippen LogP contribution in [0.5, 0.6) is 0 Å². The molecule has 0 radical (unpaired) electrons. The summed E-state index contributed by atoms with van der Waals surface area (Å²) in [5.74, 6) is -0.815. The van der Waals surface area contributed by atoms with Crippen LogP contribution < -0.4 is 0 Å². The summed E-state index contributed by atoms with van der Waals surface area (Å²) in [6.07, 6.45) is 1.36. The van der Waals surface area contributed by atoms with Gasteiger partial charge in [-0.05, 0) is 18.4 Å². The summed E-state index contributed by atoms with van der Waals surface area (Å²) >= 11 is 0. The third kappa shape index (κ3) is 3.80. The van der Waals surface area contributed by atoms with E-state index in [-0.39, 0.29) is 18.3 Å². The van der Waals surface area contributed by atoms with Crippen LogP contribution in [0.4, 0.5) is 4.39 Å². The molecule has 0 fully saturated rings. The van der Waals surface area contributed by atoms with Crippen molar-refractivity contribution in [2.75, 3.05) is 13.2 Å². The highest BCUT2D eigenvalue weighted by Crippen LogP contribution is 2.21. The molecule has 0 unspecified atom stereocenters. The number of benzene rings is 1. The van der Waals surface area contributed by atoms with Crippen molar-refractivity contribution in [1.82, 2.24) is 9.55 Å². The molecule has 0 amide bonds. The minimum atomic E-state index is -0.749. The Morgan fingerprint density at radius 3 is 2.59 bits per heavy atom. The van der Waals surface area contributed by atoms with Crippen molar-refractivity contribution >= 4 is 5.78 Å². The van der Waals surface area contributed by atoms with Crippen LogP contribution in [0.25, 0.3) is 0 Å². The van der Waals surface area contributed by atoms with E-state index in [1.807, 2.05) is 51.1 Å². The molecule has 0 saturated carbocycles. The lowest BCUT2D eigenvalue weighted by molar-refractivity contribution is 0.0691. The molecule has 5 heteroatoms. The molecule has 1 heterocycles. The van der Waals surface area contributed by atoms with Crippen LogP contribution in [0.1, 0.15) is 42.9 Å². The maximum Gasteiger partial charge on any atom is 0.242 e. The normalized spacial score (nSPS) is 12.6. The number of hydrogen-bond donors (Lipinski definition) is 0. The van der Waals surface area contributed by atoms with Crippen molar-refractivity contribution in [3.63, 3.8) is 0 Å². The number of aromatic nitrogens is 2. The topological polar surface area (TPSA) is 44.1 Å². The van der Waals surface area contributed by atoms with E-state index in [9.17, 15) is 9.18 Å². The van der Waals surface area contributed by atoms with Crippen LogP contribution in [0.3, 0.4) is 0 Å². The van der Waals surface area contributed by atoms with Crippen LogP contribution in [-0.4, -0.2) is 28.5 Å². The van der Waals surface area contributed by atoms with Crippen molar-refractivity contribution in [2.24, 2.45) is 5.92 Å². The molecule has 0 aliphatic carbocycles. The zero-order valence-electron chi connectivity index (χ0n) is 13.1. The van der Waals surface area contributed by atoms with E-state index >= 15 is 0 Å². The van der Waals surface area contributed by atoms with Crippen molar-refractivity contribution in [2.45, 2.75) is 26.8 Å². The second-order valence-electron chi connectivity index (χ2n) is 5.71. The lowest BCUT2D eigenvalue weighted by Crippen LogP contribution is -2.19. The highest BCUT2D eigenvalue weighted by molar-refractivity contribution is 5.95. The molecule has 1 atom stereocenters. The largest absolute Gasteiger partial charge is 0.373 e. The van der Waals surface area contributed by atoms with Crippen molar-refractivity contribution in [1.29, 1.82) is 0 Å². The van der Waals surface area contributed by atoms with Gasteiger partial charge in [-0.25, -0.2) is 4.98 Å². The molecule has 118 valence electrons. The number of imidazole rings is 1. The number of carbonyl (C=O) groups excluding carboxylic acids is 1. The third-order valence-electron chi connectivity index (χ3n) is 3.40. The summed E-state index contributed by atoms with van der Waals surface area (Å²) in [6.45, 7) is 6.22. The monoisotopic (exact) mass is 304 g/mol. The summed E-state index contributed by atoms with van der Waals surface area (Å²) in [5, 5.41) is 0. The predicted octanol–water partition coefficient (Wildman–Crippen LogP) is 3.49. The fraction of sp³-hybridized carbons (Fsp3) is 0.412. The molecule has 2 aromatic rings. The molecule has 0 spiro atoms. The van der Waals surface area contributed by atoms with Crippen molar-refractivity contribution in [3.8, 4) is 0 Å². The lowest BCUT2D eigenvalue weighted by atomic mass is 10.1. The molecule has 0 N–H and O–H groups in total. The van der Waals surface area contributed by atoms with E-state index in [0.29, 0.717) is 12.5 Å². The van der Waals surface area contributed by atoms with Crippen LogP contribution in [0.2, 0.25) is 0 Å². The van der Waals surface area contributed by atoms with Gasteiger partial charge < -0.3 is 9.30 Å². The predicted molar refractivity (Wildman–Crippen MR) is 82.4 cm³/mol. The Morgan fingerprint density at radius 1 is 1.27 bits per heavy atom. The van der Waals surface area contributed by atoms with Crippen molar-refractivity contribution < 1.29 is 13.9 Å². The van der Waals surface area contributed by atoms with E-state index in [0.717, 1.165) is 5.56 Å². The molecule has 0 saturated heterocycles. The molecular formula is C17H21FN2O2. The Balaban J connectivity index is 2.19. The Hall–Kier alpha value is -2.01. The first-order chi connectivity index (χ1) is 10.5. The van der Waals surface area contributed by atoms with Gasteiger partial charge in [-0.1, -0.05) is 44.2 Å². The molecular weight excluding hydrogens is 283 g/mol. The standard InChI is InChI=1S/C17H21FN2O2/c1-12(2)9-22-10-15(21)16-17(18)19-11-20(16)13(3)14-7-5-4-6-8-14/h4-8,11-13H,9-10H2,1-3H3/t13-/m1/s1. The zero-order chi connectivity index (χ0) is 16.1. The number of ether oxygens (including phenoxy) is 1. The molecule has 0 aliphatic heterocycles. The second-order valence-corrected chi connectivity index (χ2v) is 5.71. The van der Waals surface area contributed by atoms with Crippen LogP contribution in [-0.2, 0) is 4.74 Å². The van der Waals surface area contributed by atoms with Gasteiger partial charge in [0.25, 0.3) is 0 Å². The maximum absolute atomic E-state index is 13.9. The quantitative estimate of drug-likeness (QED) is 0.736. The number of hydrogen-bond acceptors (Lipinski definition) is 3. The summed E-state index contributed by atoms with van der Waals surface area (Å²) in [7, 11) is 0. The van der Waals surface area contributed by atoms with Gasteiger partial charge in [0.05, 0.1) is 12.4 Å². The molecule has 1 aromatic carbocycles. The average molecular weight is 304 g/mol. The summed E-state index contributed by atoms with van der Waals surface area (Å²) in [6, 6.07) is 9.43. The van der Waals surface area contributed by atoms with E-state index in [1.165, 1.54) is 6.33 Å². The van der Waals surface area contributed by atoms with Crippen LogP contribution in [0.15, 0.2) is 36.7 Å². The highest BCUT2D eigenvalue weighted by Gasteiger charge is 2.22. The fourth-order valence-corrected chi connectivity index (χ4v) is 2.24. The summed E-state index contributed by atoms with van der Waals surface area (Å²) < 4.78 is 20.8. The van der Waals surface area contributed by atoms with E-state index < -0.39 is 11.7 Å². The first kappa shape index (κ1) is 16.4. The SMILES string of the molecule is CC(C)COCC(=O)c1c(F)ncn1[C@H](C)c1ccccc1. The molecule has 2 rings (SSSR count). The van der Waals surface area contributed by atoms with Gasteiger partial charge in [0.1, 0.15) is 12.3 Å². The fourth-order valence-electron chi connectivity index (χ4n) is 2.24. The molecule has 0 bridgehead atoms.